The Balaban J connectivity index is 2.33. The monoisotopic (exact) mass is 292 g/mol. The van der Waals surface area contributed by atoms with Crippen molar-refractivity contribution in [3.63, 3.8) is 0 Å². The van der Waals surface area contributed by atoms with E-state index in [1.54, 1.807) is 12.4 Å². The van der Waals surface area contributed by atoms with Crippen LogP contribution in [0.15, 0.2) is 47.2 Å². The van der Waals surface area contributed by atoms with Gasteiger partial charge in [0.05, 0.1) is 6.20 Å². The molecule has 2 N–H and O–H groups in total. The first-order valence-electron chi connectivity index (χ1n) is 5.30. The quantitative estimate of drug-likeness (QED) is 0.939. The number of hydrogen-bond donors (Lipinski definition) is 1. The van der Waals surface area contributed by atoms with E-state index >= 15 is 0 Å². The maximum Gasteiger partial charge on any atom is 0.145 e. The predicted octanol–water partition coefficient (Wildman–Crippen LogP) is 3.66. The molecule has 0 radical (unpaired) electrons. The van der Waals surface area contributed by atoms with Gasteiger partial charge < -0.3 is 10.5 Å². The molecular formula is C13H13BrN2O. The molecule has 0 aliphatic carbocycles. The van der Waals surface area contributed by atoms with Gasteiger partial charge in [-0.15, -0.1) is 0 Å². The van der Waals surface area contributed by atoms with Gasteiger partial charge in [0, 0.05) is 22.3 Å². The minimum Gasteiger partial charge on any atom is -0.455 e. The number of hydrogen-bond acceptors (Lipinski definition) is 3. The van der Waals surface area contributed by atoms with Gasteiger partial charge in [0.25, 0.3) is 0 Å². The minimum atomic E-state index is -0.0841. The van der Waals surface area contributed by atoms with Gasteiger partial charge in [0.15, 0.2) is 0 Å². The number of rotatable bonds is 3. The third kappa shape index (κ3) is 3.05. The highest BCUT2D eigenvalue weighted by molar-refractivity contribution is 9.10. The summed E-state index contributed by atoms with van der Waals surface area (Å²) in [7, 11) is 0. The van der Waals surface area contributed by atoms with E-state index in [0.717, 1.165) is 15.8 Å². The average Bonchev–Trinajstić information content (AvgIpc) is 2.32. The fourth-order valence-electron chi connectivity index (χ4n) is 1.50. The van der Waals surface area contributed by atoms with Gasteiger partial charge in [-0.2, -0.15) is 0 Å². The molecule has 0 saturated heterocycles. The van der Waals surface area contributed by atoms with Crippen LogP contribution in [0.3, 0.4) is 0 Å². The number of pyridine rings is 1. The van der Waals surface area contributed by atoms with E-state index in [0.29, 0.717) is 5.75 Å². The van der Waals surface area contributed by atoms with Crippen molar-refractivity contribution in [2.45, 2.75) is 13.0 Å². The van der Waals surface area contributed by atoms with Gasteiger partial charge in [-0.3, -0.25) is 4.98 Å². The van der Waals surface area contributed by atoms with Crippen molar-refractivity contribution in [3.05, 3.63) is 52.8 Å². The van der Waals surface area contributed by atoms with Crippen molar-refractivity contribution in [3.8, 4) is 11.5 Å². The van der Waals surface area contributed by atoms with Crippen LogP contribution in [0, 0.1) is 0 Å². The lowest BCUT2D eigenvalue weighted by Gasteiger charge is -2.13. The Morgan fingerprint density at radius 1 is 1.35 bits per heavy atom. The highest BCUT2D eigenvalue weighted by Crippen LogP contribution is 2.30. The molecule has 17 heavy (non-hydrogen) atoms. The van der Waals surface area contributed by atoms with Crippen LogP contribution in [0.1, 0.15) is 18.5 Å². The second kappa shape index (κ2) is 5.29. The Kier molecular flexibility index (Phi) is 3.76. The summed E-state index contributed by atoms with van der Waals surface area (Å²) in [6.45, 7) is 1.93. The van der Waals surface area contributed by atoms with Gasteiger partial charge >= 0.3 is 0 Å². The lowest BCUT2D eigenvalue weighted by atomic mass is 10.1. The van der Waals surface area contributed by atoms with Crippen LogP contribution in [0.5, 0.6) is 11.5 Å². The van der Waals surface area contributed by atoms with Gasteiger partial charge in [-0.25, -0.2) is 0 Å². The van der Waals surface area contributed by atoms with Gasteiger partial charge in [0.1, 0.15) is 11.5 Å². The van der Waals surface area contributed by atoms with E-state index in [1.165, 1.54) is 0 Å². The molecule has 0 aliphatic heterocycles. The van der Waals surface area contributed by atoms with Crippen LogP contribution in [-0.2, 0) is 0 Å². The Bertz CT molecular complexity index is 500. The summed E-state index contributed by atoms with van der Waals surface area (Å²) in [6, 6.07) is 9.41. The van der Waals surface area contributed by atoms with Crippen molar-refractivity contribution in [1.29, 1.82) is 0 Å². The summed E-state index contributed by atoms with van der Waals surface area (Å²) in [5.74, 6) is 1.47. The SMILES string of the molecule is CC(N)c1cc(Br)ccc1Oc1cccnc1. The highest BCUT2D eigenvalue weighted by atomic mass is 79.9. The first-order valence-corrected chi connectivity index (χ1v) is 6.09. The van der Waals surface area contributed by atoms with E-state index in [2.05, 4.69) is 20.9 Å². The van der Waals surface area contributed by atoms with Gasteiger partial charge in [0.2, 0.25) is 0 Å². The second-order valence-electron chi connectivity index (χ2n) is 3.76. The number of aromatic nitrogens is 1. The number of ether oxygens (including phenoxy) is 1. The van der Waals surface area contributed by atoms with Crippen LogP contribution >= 0.6 is 15.9 Å². The maximum atomic E-state index is 5.92. The molecule has 1 atom stereocenters. The lowest BCUT2D eigenvalue weighted by Crippen LogP contribution is -2.06. The van der Waals surface area contributed by atoms with Crippen molar-refractivity contribution < 1.29 is 4.74 Å². The van der Waals surface area contributed by atoms with E-state index in [9.17, 15) is 0 Å². The molecule has 2 aromatic rings. The first-order chi connectivity index (χ1) is 8.16. The minimum absolute atomic E-state index is 0.0841. The lowest BCUT2D eigenvalue weighted by molar-refractivity contribution is 0.469. The molecule has 4 heteroatoms. The van der Waals surface area contributed by atoms with Crippen molar-refractivity contribution >= 4 is 15.9 Å². The molecular weight excluding hydrogens is 280 g/mol. The molecule has 1 aromatic heterocycles. The molecule has 3 nitrogen and oxygen atoms in total. The molecule has 0 amide bonds. The highest BCUT2D eigenvalue weighted by Gasteiger charge is 2.09. The smallest absolute Gasteiger partial charge is 0.145 e. The van der Waals surface area contributed by atoms with E-state index in [4.69, 9.17) is 10.5 Å². The summed E-state index contributed by atoms with van der Waals surface area (Å²) in [5.41, 5.74) is 6.88. The fourth-order valence-corrected chi connectivity index (χ4v) is 1.88. The van der Waals surface area contributed by atoms with Crippen molar-refractivity contribution in [2.75, 3.05) is 0 Å². The maximum absolute atomic E-state index is 5.92. The van der Waals surface area contributed by atoms with Crippen LogP contribution in [0.4, 0.5) is 0 Å². The largest absolute Gasteiger partial charge is 0.455 e. The van der Waals surface area contributed by atoms with Crippen LogP contribution in [-0.4, -0.2) is 4.98 Å². The molecule has 0 spiro atoms. The topological polar surface area (TPSA) is 48.1 Å². The Hall–Kier alpha value is -1.39. The van der Waals surface area contributed by atoms with Crippen LogP contribution < -0.4 is 10.5 Å². The Morgan fingerprint density at radius 3 is 2.82 bits per heavy atom. The molecule has 1 unspecified atom stereocenters. The normalized spacial score (nSPS) is 12.2. The van der Waals surface area contributed by atoms with Crippen LogP contribution in [0.25, 0.3) is 0 Å². The summed E-state index contributed by atoms with van der Waals surface area (Å²) in [4.78, 5) is 4.01. The Labute approximate surface area is 109 Å². The fraction of sp³-hybridized carbons (Fsp3) is 0.154. The summed E-state index contributed by atoms with van der Waals surface area (Å²) >= 11 is 3.43. The number of benzene rings is 1. The predicted molar refractivity (Wildman–Crippen MR) is 71.1 cm³/mol. The molecule has 0 aliphatic rings. The van der Waals surface area contributed by atoms with Gasteiger partial charge in [-0.1, -0.05) is 15.9 Å². The Morgan fingerprint density at radius 2 is 2.18 bits per heavy atom. The molecule has 2 rings (SSSR count). The average molecular weight is 293 g/mol. The third-order valence-electron chi connectivity index (χ3n) is 2.32. The zero-order valence-corrected chi connectivity index (χ0v) is 11.0. The number of nitrogens with two attached hydrogens (primary N) is 1. The van der Waals surface area contributed by atoms with Gasteiger partial charge in [-0.05, 0) is 37.3 Å². The second-order valence-corrected chi connectivity index (χ2v) is 4.68. The summed E-state index contributed by atoms with van der Waals surface area (Å²) < 4.78 is 6.75. The van der Waals surface area contributed by atoms with E-state index in [1.807, 2.05) is 37.3 Å². The summed E-state index contributed by atoms with van der Waals surface area (Å²) in [5, 5.41) is 0. The van der Waals surface area contributed by atoms with Crippen molar-refractivity contribution in [1.82, 2.24) is 4.98 Å². The first kappa shape index (κ1) is 12.1. The molecule has 1 aromatic carbocycles. The molecule has 1 heterocycles. The zero-order chi connectivity index (χ0) is 12.3. The van der Waals surface area contributed by atoms with E-state index in [-0.39, 0.29) is 6.04 Å². The zero-order valence-electron chi connectivity index (χ0n) is 9.43. The third-order valence-corrected chi connectivity index (χ3v) is 2.82. The number of halogens is 1. The molecule has 88 valence electrons. The molecule has 0 bridgehead atoms. The van der Waals surface area contributed by atoms with Crippen LogP contribution in [0.2, 0.25) is 0 Å². The summed E-state index contributed by atoms with van der Waals surface area (Å²) in [6.07, 6.45) is 3.38. The van der Waals surface area contributed by atoms with E-state index < -0.39 is 0 Å². The van der Waals surface area contributed by atoms with Crippen molar-refractivity contribution in [2.24, 2.45) is 5.73 Å². The molecule has 0 saturated carbocycles. The standard InChI is InChI=1S/C13H13BrN2O/c1-9(15)12-7-10(14)4-5-13(12)17-11-3-2-6-16-8-11/h2-9H,15H2,1H3. The molecule has 0 fully saturated rings. The number of nitrogens with zero attached hydrogens (tertiary/aromatic N) is 1.